The highest BCUT2D eigenvalue weighted by atomic mass is 35.5. The Bertz CT molecular complexity index is 443. The van der Waals surface area contributed by atoms with Crippen molar-refractivity contribution in [1.82, 2.24) is 0 Å². The van der Waals surface area contributed by atoms with E-state index in [9.17, 15) is 0 Å². The first-order valence-corrected chi connectivity index (χ1v) is 5.25. The minimum atomic E-state index is 0. The lowest BCUT2D eigenvalue weighted by molar-refractivity contribution is 0.259. The molecule has 0 spiro atoms. The van der Waals surface area contributed by atoms with Crippen LogP contribution in [0.15, 0.2) is 54.6 Å². The number of halogens is 1. The molecular formula is C14H15ClO2. The van der Waals surface area contributed by atoms with Crippen molar-refractivity contribution in [3.05, 3.63) is 65.7 Å². The van der Waals surface area contributed by atoms with Crippen LogP contribution >= 0.6 is 12.4 Å². The van der Waals surface area contributed by atoms with Crippen LogP contribution in [-0.4, -0.2) is 5.11 Å². The first-order chi connectivity index (χ1) is 7.90. The summed E-state index contributed by atoms with van der Waals surface area (Å²) in [4.78, 5) is 0. The Morgan fingerprint density at radius 1 is 0.882 bits per heavy atom. The van der Waals surface area contributed by atoms with E-state index >= 15 is 0 Å². The molecule has 0 amide bonds. The van der Waals surface area contributed by atoms with E-state index in [0.29, 0.717) is 6.61 Å². The first kappa shape index (κ1) is 13.6. The van der Waals surface area contributed by atoms with Gasteiger partial charge in [0.25, 0.3) is 0 Å². The summed E-state index contributed by atoms with van der Waals surface area (Å²) in [5.41, 5.74) is 1.94. The number of hydrogen-bond donors (Lipinski definition) is 1. The van der Waals surface area contributed by atoms with Gasteiger partial charge in [0.2, 0.25) is 0 Å². The van der Waals surface area contributed by atoms with E-state index in [1.54, 1.807) is 0 Å². The van der Waals surface area contributed by atoms with Gasteiger partial charge in [-0.1, -0.05) is 48.5 Å². The number of para-hydroxylation sites is 1. The highest BCUT2D eigenvalue weighted by molar-refractivity contribution is 5.85. The Labute approximate surface area is 107 Å². The molecule has 90 valence electrons. The molecule has 0 radical (unpaired) electrons. The molecule has 0 bridgehead atoms. The van der Waals surface area contributed by atoms with Crippen LogP contribution in [0.5, 0.6) is 5.75 Å². The second-order valence-corrected chi connectivity index (χ2v) is 3.54. The Kier molecular flexibility index (Phi) is 5.53. The molecular weight excluding hydrogens is 236 g/mol. The van der Waals surface area contributed by atoms with Crippen LogP contribution in [0.4, 0.5) is 0 Å². The molecule has 2 nitrogen and oxygen atoms in total. The minimum absolute atomic E-state index is 0. The minimum Gasteiger partial charge on any atom is -0.489 e. The molecule has 0 aliphatic rings. The van der Waals surface area contributed by atoms with Crippen LogP contribution in [-0.2, 0) is 13.2 Å². The zero-order valence-corrected chi connectivity index (χ0v) is 10.2. The monoisotopic (exact) mass is 250 g/mol. The topological polar surface area (TPSA) is 29.5 Å². The van der Waals surface area contributed by atoms with Crippen LogP contribution in [0, 0.1) is 0 Å². The normalized spacial score (nSPS) is 9.47. The lowest BCUT2D eigenvalue weighted by Crippen LogP contribution is -1.98. The molecule has 0 saturated heterocycles. The maximum atomic E-state index is 9.14. The molecule has 2 rings (SSSR count). The smallest absolute Gasteiger partial charge is 0.125 e. The lowest BCUT2D eigenvalue weighted by Gasteiger charge is -2.09. The predicted octanol–water partition coefficient (Wildman–Crippen LogP) is 3.18. The average molecular weight is 251 g/mol. The largest absolute Gasteiger partial charge is 0.489 e. The zero-order valence-electron chi connectivity index (χ0n) is 9.37. The van der Waals surface area contributed by atoms with Crippen molar-refractivity contribution in [3.8, 4) is 5.75 Å². The maximum Gasteiger partial charge on any atom is 0.125 e. The standard InChI is InChI=1S/C14H14O2.ClH/c15-10-13-8-4-5-9-14(13)16-11-12-6-2-1-3-7-12;/h1-9,15H,10-11H2;1H. The van der Waals surface area contributed by atoms with Crippen LogP contribution in [0.2, 0.25) is 0 Å². The second kappa shape index (κ2) is 6.94. The number of ether oxygens (including phenoxy) is 1. The molecule has 0 aliphatic carbocycles. The summed E-state index contributed by atoms with van der Waals surface area (Å²) in [5.74, 6) is 0.744. The van der Waals surface area contributed by atoms with Crippen LogP contribution < -0.4 is 4.74 Å². The third-order valence-electron chi connectivity index (χ3n) is 2.38. The van der Waals surface area contributed by atoms with Crippen LogP contribution in [0.3, 0.4) is 0 Å². The first-order valence-electron chi connectivity index (χ1n) is 5.25. The Morgan fingerprint density at radius 2 is 1.53 bits per heavy atom. The van der Waals surface area contributed by atoms with Gasteiger partial charge in [0.05, 0.1) is 6.61 Å². The molecule has 2 aromatic carbocycles. The van der Waals surface area contributed by atoms with Crippen molar-refractivity contribution < 1.29 is 9.84 Å². The number of aliphatic hydroxyl groups is 1. The van der Waals surface area contributed by atoms with Crippen molar-refractivity contribution in [2.75, 3.05) is 0 Å². The molecule has 17 heavy (non-hydrogen) atoms. The van der Waals surface area contributed by atoms with E-state index in [0.717, 1.165) is 16.9 Å². The second-order valence-electron chi connectivity index (χ2n) is 3.54. The van der Waals surface area contributed by atoms with Gasteiger partial charge >= 0.3 is 0 Å². The van der Waals surface area contributed by atoms with Gasteiger partial charge in [-0.15, -0.1) is 12.4 Å². The van der Waals surface area contributed by atoms with Gasteiger partial charge in [0.15, 0.2) is 0 Å². The molecule has 0 atom stereocenters. The quantitative estimate of drug-likeness (QED) is 0.903. The van der Waals surface area contributed by atoms with Gasteiger partial charge in [-0.2, -0.15) is 0 Å². The lowest BCUT2D eigenvalue weighted by atomic mass is 10.2. The van der Waals surface area contributed by atoms with Crippen LogP contribution in [0.1, 0.15) is 11.1 Å². The van der Waals surface area contributed by atoms with E-state index in [-0.39, 0.29) is 19.0 Å². The predicted molar refractivity (Wildman–Crippen MR) is 70.4 cm³/mol. The SMILES string of the molecule is Cl.OCc1ccccc1OCc1ccccc1. The summed E-state index contributed by atoms with van der Waals surface area (Å²) in [6.45, 7) is 0.531. The molecule has 3 heteroatoms. The molecule has 2 aromatic rings. The third kappa shape index (κ3) is 3.77. The van der Waals surface area contributed by atoms with Gasteiger partial charge in [-0.05, 0) is 11.6 Å². The fourth-order valence-corrected chi connectivity index (χ4v) is 1.51. The Balaban J connectivity index is 0.00000144. The van der Waals surface area contributed by atoms with Gasteiger partial charge in [0, 0.05) is 5.56 Å². The van der Waals surface area contributed by atoms with Crippen molar-refractivity contribution in [3.63, 3.8) is 0 Å². The summed E-state index contributed by atoms with van der Waals surface area (Å²) in [6, 6.07) is 17.5. The van der Waals surface area contributed by atoms with Gasteiger partial charge < -0.3 is 9.84 Å². The number of benzene rings is 2. The van der Waals surface area contributed by atoms with Gasteiger partial charge in [-0.3, -0.25) is 0 Å². The summed E-state index contributed by atoms with van der Waals surface area (Å²) in [5, 5.41) is 9.14. The summed E-state index contributed by atoms with van der Waals surface area (Å²) < 4.78 is 5.65. The molecule has 0 aromatic heterocycles. The van der Waals surface area contributed by atoms with Crippen LogP contribution in [0.25, 0.3) is 0 Å². The molecule has 1 N–H and O–H groups in total. The Hall–Kier alpha value is -1.51. The highest BCUT2D eigenvalue weighted by Gasteiger charge is 2.01. The Morgan fingerprint density at radius 3 is 2.24 bits per heavy atom. The number of rotatable bonds is 4. The fraction of sp³-hybridized carbons (Fsp3) is 0.143. The molecule has 0 aliphatic heterocycles. The van der Waals surface area contributed by atoms with Crippen molar-refractivity contribution in [1.29, 1.82) is 0 Å². The third-order valence-corrected chi connectivity index (χ3v) is 2.38. The fourth-order valence-electron chi connectivity index (χ4n) is 1.51. The molecule has 0 saturated carbocycles. The highest BCUT2D eigenvalue weighted by Crippen LogP contribution is 2.18. The number of aliphatic hydroxyl groups excluding tert-OH is 1. The molecule has 0 heterocycles. The average Bonchev–Trinajstić information content (AvgIpc) is 2.38. The number of hydrogen-bond acceptors (Lipinski definition) is 2. The zero-order chi connectivity index (χ0) is 11.2. The van der Waals surface area contributed by atoms with Gasteiger partial charge in [-0.25, -0.2) is 0 Å². The maximum absolute atomic E-state index is 9.14. The van der Waals surface area contributed by atoms with E-state index < -0.39 is 0 Å². The van der Waals surface area contributed by atoms with E-state index in [4.69, 9.17) is 9.84 Å². The molecule has 0 unspecified atom stereocenters. The van der Waals surface area contributed by atoms with Gasteiger partial charge in [0.1, 0.15) is 12.4 Å². The van der Waals surface area contributed by atoms with Crippen molar-refractivity contribution >= 4 is 12.4 Å². The van der Waals surface area contributed by atoms with E-state index in [2.05, 4.69) is 0 Å². The summed E-state index contributed by atoms with van der Waals surface area (Å²) in [6.07, 6.45) is 0. The van der Waals surface area contributed by atoms with Crippen molar-refractivity contribution in [2.24, 2.45) is 0 Å². The van der Waals surface area contributed by atoms with E-state index in [1.807, 2.05) is 54.6 Å². The summed E-state index contributed by atoms with van der Waals surface area (Å²) >= 11 is 0. The van der Waals surface area contributed by atoms with Crippen molar-refractivity contribution in [2.45, 2.75) is 13.2 Å². The van der Waals surface area contributed by atoms with E-state index in [1.165, 1.54) is 0 Å². The summed E-state index contributed by atoms with van der Waals surface area (Å²) in [7, 11) is 0. The molecule has 0 fully saturated rings.